The van der Waals surface area contributed by atoms with Crippen molar-refractivity contribution in [3.05, 3.63) is 84.4 Å². The van der Waals surface area contributed by atoms with Crippen LogP contribution in [0.2, 0.25) is 0 Å². The molecule has 1 aliphatic carbocycles. The van der Waals surface area contributed by atoms with Crippen LogP contribution in [0.3, 0.4) is 0 Å². The first kappa shape index (κ1) is 30.0. The Labute approximate surface area is 233 Å². The fraction of sp³-hybridized carbons (Fsp3) is 0.438. The molecule has 3 rings (SSSR count). The average molecular weight is 532 g/mol. The molecule has 1 aromatic carbocycles. The molecule has 0 fully saturated rings. The topological polar surface area (TPSA) is 89.3 Å². The molecule has 0 spiro atoms. The molecule has 1 heterocycles. The zero-order valence-corrected chi connectivity index (χ0v) is 23.9. The highest BCUT2D eigenvalue weighted by atomic mass is 16.2. The van der Waals surface area contributed by atoms with Crippen molar-refractivity contribution in [3.8, 4) is 0 Å². The summed E-state index contributed by atoms with van der Waals surface area (Å²) in [6, 6.07) is 7.94. The second-order valence-corrected chi connectivity index (χ2v) is 10.5. The van der Waals surface area contributed by atoms with Crippen LogP contribution in [0.5, 0.6) is 0 Å². The third-order valence-electron chi connectivity index (χ3n) is 7.17. The number of hydrogen-bond acceptors (Lipinski definition) is 4. The van der Waals surface area contributed by atoms with E-state index in [4.69, 9.17) is 0 Å². The standard InChI is InChI=1S/C32H45N5O2/c1-24(2)14-15-30(34-4)32(39)37(20-17-27-23-36-29-13-9-8-12-28(27)29)21-18-31(38)35-19-16-26(22-33-3)25-10-6-5-7-11-25/h5-10,12-13,16,19,22-25,30,33-34,36H,11,14-15,17-18,20-21H2,1-4H3,(H,35,38)/b19-16-,26-22-. The summed E-state index contributed by atoms with van der Waals surface area (Å²) < 4.78 is 0. The average Bonchev–Trinajstić information content (AvgIpc) is 3.36. The first-order chi connectivity index (χ1) is 18.9. The fourth-order valence-corrected chi connectivity index (χ4v) is 4.85. The Bertz CT molecular complexity index is 1190. The van der Waals surface area contributed by atoms with Gasteiger partial charge in [-0.25, -0.2) is 0 Å². The highest BCUT2D eigenvalue weighted by molar-refractivity contribution is 5.84. The summed E-state index contributed by atoms with van der Waals surface area (Å²) in [6.07, 6.45) is 19.6. The van der Waals surface area contributed by atoms with Crippen molar-refractivity contribution >= 4 is 22.7 Å². The van der Waals surface area contributed by atoms with E-state index < -0.39 is 0 Å². The van der Waals surface area contributed by atoms with Crippen LogP contribution in [-0.4, -0.2) is 54.9 Å². The molecule has 7 nitrogen and oxygen atoms in total. The molecule has 4 N–H and O–H groups in total. The van der Waals surface area contributed by atoms with Crippen LogP contribution in [0.4, 0.5) is 0 Å². The van der Waals surface area contributed by atoms with Gasteiger partial charge in [0, 0.05) is 62.0 Å². The third-order valence-corrected chi connectivity index (χ3v) is 7.17. The van der Waals surface area contributed by atoms with Gasteiger partial charge >= 0.3 is 0 Å². The monoisotopic (exact) mass is 531 g/mol. The lowest BCUT2D eigenvalue weighted by molar-refractivity contribution is -0.134. The number of para-hydroxylation sites is 1. The lowest BCUT2D eigenvalue weighted by Crippen LogP contribution is -2.47. The summed E-state index contributed by atoms with van der Waals surface area (Å²) in [7, 11) is 3.71. The van der Waals surface area contributed by atoms with Gasteiger partial charge in [0.1, 0.15) is 0 Å². The molecule has 1 aliphatic rings. The van der Waals surface area contributed by atoms with Crippen molar-refractivity contribution in [1.29, 1.82) is 0 Å². The van der Waals surface area contributed by atoms with E-state index in [0.29, 0.717) is 19.0 Å². The number of aromatic amines is 1. The molecule has 0 aliphatic heterocycles. The van der Waals surface area contributed by atoms with Gasteiger partial charge in [-0.15, -0.1) is 0 Å². The fourth-order valence-electron chi connectivity index (χ4n) is 4.85. The van der Waals surface area contributed by atoms with Crippen LogP contribution in [0, 0.1) is 11.8 Å². The Kier molecular flexibility index (Phi) is 12.1. The molecular formula is C32H45N5O2. The van der Waals surface area contributed by atoms with Crippen molar-refractivity contribution in [2.45, 2.75) is 52.0 Å². The van der Waals surface area contributed by atoms with E-state index in [1.54, 1.807) is 6.20 Å². The molecule has 7 heteroatoms. The number of carbonyl (C=O) groups excluding carboxylic acids is 2. The molecule has 2 aromatic rings. The van der Waals surface area contributed by atoms with Gasteiger partial charge in [-0.3, -0.25) is 9.59 Å². The number of benzene rings is 1. The first-order valence-electron chi connectivity index (χ1n) is 14.1. The van der Waals surface area contributed by atoms with Gasteiger partial charge in [0.25, 0.3) is 0 Å². The van der Waals surface area contributed by atoms with Crippen molar-refractivity contribution in [1.82, 2.24) is 25.8 Å². The van der Waals surface area contributed by atoms with Crippen LogP contribution in [0.15, 0.2) is 78.8 Å². The van der Waals surface area contributed by atoms with E-state index in [1.807, 2.05) is 61.8 Å². The number of carbonyl (C=O) groups is 2. The molecule has 0 saturated carbocycles. The molecule has 2 unspecified atom stereocenters. The second-order valence-electron chi connectivity index (χ2n) is 10.5. The number of rotatable bonds is 15. The van der Waals surface area contributed by atoms with Crippen LogP contribution in [0.1, 0.15) is 45.1 Å². The van der Waals surface area contributed by atoms with Crippen molar-refractivity contribution in [3.63, 3.8) is 0 Å². The van der Waals surface area contributed by atoms with Crippen molar-refractivity contribution in [2.24, 2.45) is 11.8 Å². The lowest BCUT2D eigenvalue weighted by atomic mass is 9.93. The largest absolute Gasteiger partial charge is 0.394 e. The Morgan fingerprint density at radius 3 is 2.67 bits per heavy atom. The minimum atomic E-state index is -0.259. The molecule has 2 atom stereocenters. The smallest absolute Gasteiger partial charge is 0.239 e. The molecular weight excluding hydrogens is 486 g/mol. The van der Waals surface area contributed by atoms with Crippen LogP contribution in [0.25, 0.3) is 10.9 Å². The third kappa shape index (κ3) is 9.29. The Balaban J connectivity index is 1.63. The quantitative estimate of drug-likeness (QED) is 0.248. The second kappa shape index (κ2) is 15.7. The number of nitrogens with one attached hydrogen (secondary N) is 4. The van der Waals surface area contributed by atoms with Gasteiger partial charge in [0.2, 0.25) is 11.8 Å². The van der Waals surface area contributed by atoms with Gasteiger partial charge in [-0.2, -0.15) is 0 Å². The number of nitrogens with zero attached hydrogens (tertiary/aromatic N) is 1. The molecule has 210 valence electrons. The molecule has 0 bridgehead atoms. The highest BCUT2D eigenvalue weighted by Gasteiger charge is 2.24. The van der Waals surface area contributed by atoms with Crippen LogP contribution < -0.4 is 16.0 Å². The van der Waals surface area contributed by atoms with Gasteiger partial charge in [0.15, 0.2) is 0 Å². The van der Waals surface area contributed by atoms with Crippen LogP contribution >= 0.6 is 0 Å². The predicted octanol–water partition coefficient (Wildman–Crippen LogP) is 4.82. The van der Waals surface area contributed by atoms with E-state index >= 15 is 0 Å². The summed E-state index contributed by atoms with van der Waals surface area (Å²) in [5.74, 6) is 0.741. The molecule has 0 radical (unpaired) electrons. The van der Waals surface area contributed by atoms with Crippen LogP contribution in [-0.2, 0) is 16.0 Å². The zero-order valence-electron chi connectivity index (χ0n) is 23.9. The number of allylic oxidation sites excluding steroid dienone is 6. The lowest BCUT2D eigenvalue weighted by Gasteiger charge is -2.27. The molecule has 39 heavy (non-hydrogen) atoms. The maximum Gasteiger partial charge on any atom is 0.239 e. The minimum Gasteiger partial charge on any atom is -0.394 e. The van der Waals surface area contributed by atoms with Gasteiger partial charge in [0.05, 0.1) is 6.04 Å². The number of likely N-dealkylation sites (N-methyl/N-ethyl adjacent to an activating group) is 1. The van der Waals surface area contributed by atoms with E-state index in [0.717, 1.165) is 36.8 Å². The summed E-state index contributed by atoms with van der Waals surface area (Å²) in [5, 5.41) is 10.4. The van der Waals surface area contributed by atoms with E-state index in [-0.39, 0.29) is 30.2 Å². The molecule has 0 saturated heterocycles. The zero-order chi connectivity index (χ0) is 28.0. The van der Waals surface area contributed by atoms with E-state index in [9.17, 15) is 9.59 Å². The van der Waals surface area contributed by atoms with Gasteiger partial charge in [-0.05, 0) is 61.9 Å². The number of hydrogen-bond donors (Lipinski definition) is 4. The predicted molar refractivity (Wildman–Crippen MR) is 161 cm³/mol. The van der Waals surface area contributed by atoms with Crippen molar-refractivity contribution < 1.29 is 9.59 Å². The minimum absolute atomic E-state index is 0.0534. The maximum absolute atomic E-state index is 13.6. The Morgan fingerprint density at radius 2 is 1.95 bits per heavy atom. The molecule has 1 aromatic heterocycles. The number of aromatic nitrogens is 1. The Morgan fingerprint density at radius 1 is 1.13 bits per heavy atom. The van der Waals surface area contributed by atoms with Gasteiger partial charge < -0.3 is 25.8 Å². The van der Waals surface area contributed by atoms with Crippen molar-refractivity contribution in [2.75, 3.05) is 27.2 Å². The Hall–Kier alpha value is -3.58. The summed E-state index contributed by atoms with van der Waals surface area (Å²) in [4.78, 5) is 31.5. The van der Waals surface area contributed by atoms with E-state index in [2.05, 4.69) is 59.1 Å². The first-order valence-corrected chi connectivity index (χ1v) is 14.1. The normalized spacial score (nSPS) is 16.2. The summed E-state index contributed by atoms with van der Waals surface area (Å²) >= 11 is 0. The maximum atomic E-state index is 13.6. The number of H-pyrrole nitrogens is 1. The SMILES string of the molecule is CN/C=C(/C=C\NC(=O)CCN(CCc1c[nH]c2ccccc12)C(=O)C(CCC(C)C)NC)C1C=CC=CC1. The number of amides is 2. The van der Waals surface area contributed by atoms with Gasteiger partial charge in [-0.1, -0.05) is 56.4 Å². The molecule has 2 amide bonds. The highest BCUT2D eigenvalue weighted by Crippen LogP contribution is 2.21. The number of fused-ring (bicyclic) bond motifs is 1. The van der Waals surface area contributed by atoms with E-state index in [1.165, 1.54) is 10.9 Å². The summed E-state index contributed by atoms with van der Waals surface area (Å²) in [6.45, 7) is 5.26. The summed E-state index contributed by atoms with van der Waals surface area (Å²) in [5.41, 5.74) is 3.36.